The van der Waals surface area contributed by atoms with Crippen LogP contribution in [0.15, 0.2) is 42.7 Å². The fourth-order valence-corrected chi connectivity index (χ4v) is 3.10. The van der Waals surface area contributed by atoms with Crippen LogP contribution in [-0.2, 0) is 4.79 Å². The van der Waals surface area contributed by atoms with Gasteiger partial charge in [0.15, 0.2) is 0 Å². The smallest absolute Gasteiger partial charge is 0.253 e. The molecule has 1 fully saturated rings. The van der Waals surface area contributed by atoms with E-state index in [2.05, 4.69) is 10.4 Å². The molecule has 1 aromatic heterocycles. The number of hydrogen-bond donors (Lipinski definition) is 1. The standard InChI is InChI=1S/C19H24N4O2/c1-2-10-20-18(24)15-8-13-22(14-9-15)19(25)16-4-6-17(7-5-16)23-12-3-11-21-23/h3-7,11-12,15H,2,8-10,13-14H2,1H3,(H,20,24). The number of aromatic nitrogens is 2. The van der Waals surface area contributed by atoms with Crippen LogP contribution >= 0.6 is 0 Å². The highest BCUT2D eigenvalue weighted by molar-refractivity contribution is 5.94. The number of benzene rings is 1. The molecule has 0 spiro atoms. The minimum Gasteiger partial charge on any atom is -0.356 e. The molecular formula is C19H24N4O2. The largest absolute Gasteiger partial charge is 0.356 e. The molecule has 0 atom stereocenters. The summed E-state index contributed by atoms with van der Waals surface area (Å²) in [6.07, 6.45) is 5.99. The number of amides is 2. The zero-order chi connectivity index (χ0) is 17.6. The van der Waals surface area contributed by atoms with Gasteiger partial charge in [0, 0.05) is 43.5 Å². The van der Waals surface area contributed by atoms with Crippen molar-refractivity contribution in [1.82, 2.24) is 20.0 Å². The van der Waals surface area contributed by atoms with Gasteiger partial charge in [0.05, 0.1) is 5.69 Å². The Balaban J connectivity index is 1.56. The van der Waals surface area contributed by atoms with Crippen LogP contribution in [0.5, 0.6) is 0 Å². The third-order valence-electron chi connectivity index (χ3n) is 4.59. The lowest BCUT2D eigenvalue weighted by Gasteiger charge is -2.31. The van der Waals surface area contributed by atoms with Crippen molar-refractivity contribution < 1.29 is 9.59 Å². The fraction of sp³-hybridized carbons (Fsp3) is 0.421. The SMILES string of the molecule is CCCNC(=O)C1CCN(C(=O)c2ccc(-n3cccn3)cc2)CC1. The first kappa shape index (κ1) is 17.2. The van der Waals surface area contributed by atoms with Gasteiger partial charge in [0.25, 0.3) is 5.91 Å². The minimum atomic E-state index is 0.0257. The quantitative estimate of drug-likeness (QED) is 0.908. The number of hydrogen-bond acceptors (Lipinski definition) is 3. The second kappa shape index (κ2) is 7.96. The monoisotopic (exact) mass is 340 g/mol. The summed E-state index contributed by atoms with van der Waals surface area (Å²) in [6, 6.07) is 9.31. The Morgan fingerprint density at radius 3 is 2.52 bits per heavy atom. The molecule has 1 aliphatic rings. The third-order valence-corrected chi connectivity index (χ3v) is 4.59. The molecule has 2 heterocycles. The Kier molecular flexibility index (Phi) is 5.48. The van der Waals surface area contributed by atoms with Gasteiger partial charge in [-0.15, -0.1) is 0 Å². The molecule has 1 aromatic carbocycles. The van der Waals surface area contributed by atoms with Crippen LogP contribution in [0, 0.1) is 5.92 Å². The van der Waals surface area contributed by atoms with Crippen LogP contribution in [0.3, 0.4) is 0 Å². The maximum atomic E-state index is 12.6. The Morgan fingerprint density at radius 2 is 1.92 bits per heavy atom. The molecule has 6 heteroatoms. The number of carbonyl (C=O) groups excluding carboxylic acids is 2. The molecule has 0 saturated carbocycles. The predicted octanol–water partition coefficient (Wildman–Crippen LogP) is 2.25. The number of piperidine rings is 1. The number of nitrogens with one attached hydrogen (secondary N) is 1. The minimum absolute atomic E-state index is 0.0257. The van der Waals surface area contributed by atoms with Crippen molar-refractivity contribution in [3.8, 4) is 5.69 Å². The molecule has 6 nitrogen and oxygen atoms in total. The second-order valence-corrected chi connectivity index (χ2v) is 6.36. The predicted molar refractivity (Wildman–Crippen MR) is 95.5 cm³/mol. The Morgan fingerprint density at radius 1 is 1.20 bits per heavy atom. The van der Waals surface area contributed by atoms with E-state index in [4.69, 9.17) is 0 Å². The van der Waals surface area contributed by atoms with Crippen molar-refractivity contribution in [2.75, 3.05) is 19.6 Å². The van der Waals surface area contributed by atoms with E-state index >= 15 is 0 Å². The lowest BCUT2D eigenvalue weighted by Crippen LogP contribution is -2.43. The summed E-state index contributed by atoms with van der Waals surface area (Å²) in [5.74, 6) is 0.176. The van der Waals surface area contributed by atoms with Gasteiger partial charge in [0.1, 0.15) is 0 Å². The molecule has 2 amide bonds. The summed E-state index contributed by atoms with van der Waals surface area (Å²) in [5, 5.41) is 7.13. The summed E-state index contributed by atoms with van der Waals surface area (Å²) in [6.45, 7) is 4.02. The zero-order valence-corrected chi connectivity index (χ0v) is 14.5. The van der Waals surface area contributed by atoms with Crippen molar-refractivity contribution in [1.29, 1.82) is 0 Å². The van der Waals surface area contributed by atoms with Gasteiger partial charge in [-0.1, -0.05) is 6.92 Å². The van der Waals surface area contributed by atoms with Crippen LogP contribution in [0.2, 0.25) is 0 Å². The third kappa shape index (κ3) is 4.07. The number of rotatable bonds is 5. The maximum absolute atomic E-state index is 12.6. The lowest BCUT2D eigenvalue weighted by atomic mass is 9.95. The van der Waals surface area contributed by atoms with Gasteiger partial charge in [0.2, 0.25) is 5.91 Å². The van der Waals surface area contributed by atoms with Gasteiger partial charge in [-0.05, 0) is 49.6 Å². The zero-order valence-electron chi connectivity index (χ0n) is 14.5. The molecule has 3 rings (SSSR count). The van der Waals surface area contributed by atoms with Gasteiger partial charge in [-0.3, -0.25) is 9.59 Å². The molecule has 132 valence electrons. The van der Waals surface area contributed by atoms with Crippen molar-refractivity contribution in [3.63, 3.8) is 0 Å². The van der Waals surface area contributed by atoms with Crippen molar-refractivity contribution in [3.05, 3.63) is 48.3 Å². The highest BCUT2D eigenvalue weighted by atomic mass is 16.2. The van der Waals surface area contributed by atoms with Crippen LogP contribution in [0.4, 0.5) is 0 Å². The summed E-state index contributed by atoms with van der Waals surface area (Å²) < 4.78 is 1.76. The van der Waals surface area contributed by atoms with E-state index in [1.54, 1.807) is 10.9 Å². The Bertz CT molecular complexity index is 702. The molecule has 0 bridgehead atoms. The van der Waals surface area contributed by atoms with E-state index in [1.165, 1.54) is 0 Å². The summed E-state index contributed by atoms with van der Waals surface area (Å²) >= 11 is 0. The number of nitrogens with zero attached hydrogens (tertiary/aromatic N) is 3. The van der Waals surface area contributed by atoms with E-state index in [0.717, 1.165) is 31.5 Å². The van der Waals surface area contributed by atoms with Crippen LogP contribution in [-0.4, -0.2) is 46.1 Å². The molecule has 0 unspecified atom stereocenters. The summed E-state index contributed by atoms with van der Waals surface area (Å²) in [4.78, 5) is 26.5. The lowest BCUT2D eigenvalue weighted by molar-refractivity contribution is -0.126. The molecular weight excluding hydrogens is 316 g/mol. The highest BCUT2D eigenvalue weighted by Gasteiger charge is 2.27. The molecule has 0 radical (unpaired) electrons. The molecule has 1 saturated heterocycles. The Hall–Kier alpha value is -2.63. The average molecular weight is 340 g/mol. The summed E-state index contributed by atoms with van der Waals surface area (Å²) in [7, 11) is 0. The summed E-state index contributed by atoms with van der Waals surface area (Å²) in [5.41, 5.74) is 1.60. The fourth-order valence-electron chi connectivity index (χ4n) is 3.10. The normalized spacial score (nSPS) is 15.2. The van der Waals surface area contributed by atoms with Gasteiger partial charge in [-0.2, -0.15) is 5.10 Å². The van der Waals surface area contributed by atoms with Crippen molar-refractivity contribution in [2.45, 2.75) is 26.2 Å². The first-order chi connectivity index (χ1) is 12.2. The topological polar surface area (TPSA) is 67.2 Å². The molecule has 25 heavy (non-hydrogen) atoms. The second-order valence-electron chi connectivity index (χ2n) is 6.36. The van der Waals surface area contributed by atoms with Crippen molar-refractivity contribution in [2.24, 2.45) is 5.92 Å². The van der Waals surface area contributed by atoms with E-state index < -0.39 is 0 Å². The van der Waals surface area contributed by atoms with E-state index in [9.17, 15) is 9.59 Å². The average Bonchev–Trinajstić information content (AvgIpc) is 3.20. The van der Waals surface area contributed by atoms with Crippen LogP contribution in [0.25, 0.3) is 5.69 Å². The first-order valence-electron chi connectivity index (χ1n) is 8.86. The molecule has 0 aliphatic carbocycles. The maximum Gasteiger partial charge on any atom is 0.253 e. The van der Waals surface area contributed by atoms with E-state index in [1.807, 2.05) is 48.4 Å². The van der Waals surface area contributed by atoms with Gasteiger partial charge < -0.3 is 10.2 Å². The van der Waals surface area contributed by atoms with Gasteiger partial charge in [-0.25, -0.2) is 4.68 Å². The van der Waals surface area contributed by atoms with E-state index in [0.29, 0.717) is 18.7 Å². The molecule has 1 aliphatic heterocycles. The Labute approximate surface area is 147 Å². The van der Waals surface area contributed by atoms with Crippen molar-refractivity contribution >= 4 is 11.8 Å². The number of carbonyl (C=O) groups is 2. The first-order valence-corrected chi connectivity index (χ1v) is 8.86. The molecule has 2 aromatic rings. The number of likely N-dealkylation sites (tertiary alicyclic amines) is 1. The van der Waals surface area contributed by atoms with Crippen LogP contribution < -0.4 is 5.32 Å². The van der Waals surface area contributed by atoms with Crippen LogP contribution in [0.1, 0.15) is 36.5 Å². The molecule has 1 N–H and O–H groups in total. The van der Waals surface area contributed by atoms with Gasteiger partial charge >= 0.3 is 0 Å². The van der Waals surface area contributed by atoms with E-state index in [-0.39, 0.29) is 17.7 Å². The highest BCUT2D eigenvalue weighted by Crippen LogP contribution is 2.20.